The van der Waals surface area contributed by atoms with E-state index < -0.39 is 12.3 Å². The Morgan fingerprint density at radius 3 is 2.39 bits per heavy atom. The van der Waals surface area contributed by atoms with E-state index >= 15 is 0 Å². The third-order valence-corrected chi connectivity index (χ3v) is 2.17. The number of ether oxygens (including phenoxy) is 2. The van der Waals surface area contributed by atoms with Gasteiger partial charge in [-0.25, -0.2) is 4.79 Å². The van der Waals surface area contributed by atoms with E-state index in [1.165, 1.54) is 6.92 Å². The van der Waals surface area contributed by atoms with Crippen molar-refractivity contribution < 1.29 is 19.1 Å². The molecule has 0 aromatic heterocycles. The van der Waals surface area contributed by atoms with Gasteiger partial charge in [0.15, 0.2) is 0 Å². The van der Waals surface area contributed by atoms with Gasteiger partial charge in [0.05, 0.1) is 5.56 Å². The molecule has 2 N–H and O–H groups in total. The Bertz CT molecular complexity index is 414. The maximum Gasteiger partial charge on any atom is 0.341 e. The standard InChI is InChI=1S/C13H17NO4/c1-3-4-12(15)17-9(2)18-13(16)10-5-7-11(14)8-6-10/h5-9H,3-4,14H2,1-2H3. The summed E-state index contributed by atoms with van der Waals surface area (Å²) in [6.07, 6.45) is 0.107. The molecule has 98 valence electrons. The molecule has 0 amide bonds. The van der Waals surface area contributed by atoms with Crippen molar-refractivity contribution in [1.29, 1.82) is 0 Å². The van der Waals surface area contributed by atoms with Gasteiger partial charge in [-0.05, 0) is 30.7 Å². The summed E-state index contributed by atoms with van der Waals surface area (Å²) in [6.45, 7) is 3.37. The molecule has 0 radical (unpaired) electrons. The van der Waals surface area contributed by atoms with Gasteiger partial charge in [0.1, 0.15) is 0 Å². The summed E-state index contributed by atoms with van der Waals surface area (Å²) in [4.78, 5) is 22.8. The molecule has 0 fully saturated rings. The highest BCUT2D eigenvalue weighted by atomic mass is 16.7. The molecule has 1 rings (SSSR count). The Labute approximate surface area is 106 Å². The molecule has 1 atom stereocenters. The van der Waals surface area contributed by atoms with Crippen LogP contribution in [0.2, 0.25) is 0 Å². The second-order valence-electron chi connectivity index (χ2n) is 3.83. The van der Waals surface area contributed by atoms with Crippen LogP contribution < -0.4 is 5.73 Å². The Morgan fingerprint density at radius 2 is 1.83 bits per heavy atom. The summed E-state index contributed by atoms with van der Waals surface area (Å²) in [5.74, 6) is -0.929. The van der Waals surface area contributed by atoms with E-state index in [2.05, 4.69) is 0 Å². The first-order chi connectivity index (χ1) is 8.52. The van der Waals surface area contributed by atoms with Crippen LogP contribution in [0, 0.1) is 0 Å². The molecular formula is C13H17NO4. The fourth-order valence-corrected chi connectivity index (χ4v) is 1.31. The first-order valence-electron chi connectivity index (χ1n) is 5.79. The zero-order valence-corrected chi connectivity index (χ0v) is 10.5. The average molecular weight is 251 g/mol. The number of anilines is 1. The van der Waals surface area contributed by atoms with Gasteiger partial charge in [0.2, 0.25) is 6.29 Å². The zero-order chi connectivity index (χ0) is 13.5. The van der Waals surface area contributed by atoms with Crippen LogP contribution in [0.4, 0.5) is 5.69 Å². The Balaban J connectivity index is 2.49. The second kappa shape index (κ2) is 6.64. The molecule has 0 aliphatic heterocycles. The van der Waals surface area contributed by atoms with Gasteiger partial charge < -0.3 is 15.2 Å². The molecule has 0 saturated carbocycles. The number of nitrogens with two attached hydrogens (primary N) is 1. The van der Waals surface area contributed by atoms with Crippen molar-refractivity contribution in [3.05, 3.63) is 29.8 Å². The molecule has 0 bridgehead atoms. The number of carbonyl (C=O) groups is 2. The molecule has 0 aliphatic carbocycles. The Kier molecular flexibility index (Phi) is 5.17. The second-order valence-corrected chi connectivity index (χ2v) is 3.83. The highest BCUT2D eigenvalue weighted by molar-refractivity contribution is 5.89. The fraction of sp³-hybridized carbons (Fsp3) is 0.385. The third kappa shape index (κ3) is 4.45. The predicted octanol–water partition coefficient (Wildman–Crippen LogP) is 2.11. The van der Waals surface area contributed by atoms with Crippen molar-refractivity contribution in [1.82, 2.24) is 0 Å². The molecule has 0 spiro atoms. The van der Waals surface area contributed by atoms with E-state index in [0.29, 0.717) is 24.1 Å². The third-order valence-electron chi connectivity index (χ3n) is 2.17. The highest BCUT2D eigenvalue weighted by Gasteiger charge is 2.14. The number of rotatable bonds is 5. The van der Waals surface area contributed by atoms with Crippen LogP contribution in [0.15, 0.2) is 24.3 Å². The maximum atomic E-state index is 11.7. The number of hydrogen-bond acceptors (Lipinski definition) is 5. The SMILES string of the molecule is CCCC(=O)OC(C)OC(=O)c1ccc(N)cc1. The van der Waals surface area contributed by atoms with Crippen molar-refractivity contribution >= 4 is 17.6 Å². The summed E-state index contributed by atoms with van der Waals surface area (Å²) in [6, 6.07) is 6.31. The molecule has 5 heteroatoms. The maximum absolute atomic E-state index is 11.7. The van der Waals surface area contributed by atoms with Crippen molar-refractivity contribution in [3.8, 4) is 0 Å². The predicted molar refractivity (Wildman–Crippen MR) is 66.7 cm³/mol. The first-order valence-corrected chi connectivity index (χ1v) is 5.79. The summed E-state index contributed by atoms with van der Waals surface area (Å²) in [5.41, 5.74) is 6.43. The number of esters is 2. The quantitative estimate of drug-likeness (QED) is 0.492. The highest BCUT2D eigenvalue weighted by Crippen LogP contribution is 2.09. The van der Waals surface area contributed by atoms with Crippen LogP contribution in [0.5, 0.6) is 0 Å². The normalized spacial score (nSPS) is 11.7. The summed E-state index contributed by atoms with van der Waals surface area (Å²) in [5, 5.41) is 0. The van der Waals surface area contributed by atoms with Gasteiger partial charge in [-0.2, -0.15) is 0 Å². The minimum Gasteiger partial charge on any atom is -0.425 e. The molecule has 1 aromatic rings. The van der Waals surface area contributed by atoms with Gasteiger partial charge in [-0.15, -0.1) is 0 Å². The van der Waals surface area contributed by atoms with Gasteiger partial charge in [-0.3, -0.25) is 4.79 Å². The molecular weight excluding hydrogens is 234 g/mol. The van der Waals surface area contributed by atoms with Crippen LogP contribution >= 0.6 is 0 Å². The van der Waals surface area contributed by atoms with Gasteiger partial charge in [0, 0.05) is 19.0 Å². The Morgan fingerprint density at radius 1 is 1.22 bits per heavy atom. The number of nitrogen functional groups attached to an aromatic ring is 1. The molecule has 1 unspecified atom stereocenters. The van der Waals surface area contributed by atoms with Crippen LogP contribution in [-0.4, -0.2) is 18.2 Å². The smallest absolute Gasteiger partial charge is 0.341 e. The van der Waals surface area contributed by atoms with Crippen molar-refractivity contribution in [2.75, 3.05) is 5.73 Å². The average Bonchev–Trinajstić information content (AvgIpc) is 2.29. The van der Waals surface area contributed by atoms with E-state index in [1.807, 2.05) is 6.92 Å². The molecule has 0 saturated heterocycles. The lowest BCUT2D eigenvalue weighted by atomic mass is 10.2. The molecule has 5 nitrogen and oxygen atoms in total. The summed E-state index contributed by atoms with van der Waals surface area (Å²) in [7, 11) is 0. The van der Waals surface area contributed by atoms with Crippen molar-refractivity contribution in [3.63, 3.8) is 0 Å². The minimum atomic E-state index is -0.894. The lowest BCUT2D eigenvalue weighted by Crippen LogP contribution is -2.21. The van der Waals surface area contributed by atoms with Crippen LogP contribution in [-0.2, 0) is 14.3 Å². The molecule has 18 heavy (non-hydrogen) atoms. The number of benzene rings is 1. The van der Waals surface area contributed by atoms with E-state index in [9.17, 15) is 9.59 Å². The van der Waals surface area contributed by atoms with E-state index in [4.69, 9.17) is 15.2 Å². The minimum absolute atomic E-state index is 0.309. The van der Waals surface area contributed by atoms with Gasteiger partial charge in [0.25, 0.3) is 0 Å². The van der Waals surface area contributed by atoms with Crippen molar-refractivity contribution in [2.24, 2.45) is 0 Å². The number of hydrogen-bond donors (Lipinski definition) is 1. The summed E-state index contributed by atoms with van der Waals surface area (Å²) < 4.78 is 9.87. The molecule has 0 heterocycles. The summed E-state index contributed by atoms with van der Waals surface area (Å²) >= 11 is 0. The van der Waals surface area contributed by atoms with E-state index in [0.717, 1.165) is 0 Å². The van der Waals surface area contributed by atoms with Crippen LogP contribution in [0.25, 0.3) is 0 Å². The molecule has 0 aliphatic rings. The number of carbonyl (C=O) groups excluding carboxylic acids is 2. The first kappa shape index (κ1) is 14.0. The Hall–Kier alpha value is -2.04. The van der Waals surface area contributed by atoms with Gasteiger partial charge in [-0.1, -0.05) is 6.92 Å². The van der Waals surface area contributed by atoms with Crippen molar-refractivity contribution in [2.45, 2.75) is 33.0 Å². The fourth-order valence-electron chi connectivity index (χ4n) is 1.31. The van der Waals surface area contributed by atoms with Crippen LogP contribution in [0.3, 0.4) is 0 Å². The van der Waals surface area contributed by atoms with E-state index in [-0.39, 0.29) is 5.97 Å². The zero-order valence-electron chi connectivity index (χ0n) is 10.5. The molecule has 1 aromatic carbocycles. The topological polar surface area (TPSA) is 78.6 Å². The lowest BCUT2D eigenvalue weighted by Gasteiger charge is -2.13. The monoisotopic (exact) mass is 251 g/mol. The van der Waals surface area contributed by atoms with E-state index in [1.54, 1.807) is 24.3 Å². The lowest BCUT2D eigenvalue weighted by molar-refractivity contribution is -0.165. The van der Waals surface area contributed by atoms with Gasteiger partial charge >= 0.3 is 11.9 Å². The van der Waals surface area contributed by atoms with Crippen LogP contribution in [0.1, 0.15) is 37.0 Å². The largest absolute Gasteiger partial charge is 0.425 e.